The average molecular weight is 498 g/mol. The molecule has 190 valence electrons. The maximum atomic E-state index is 13.3. The molecule has 4 rings (SSSR count). The van der Waals surface area contributed by atoms with Gasteiger partial charge in [0.05, 0.1) is 5.56 Å². The Morgan fingerprint density at radius 1 is 1.00 bits per heavy atom. The highest BCUT2D eigenvalue weighted by Gasteiger charge is 2.31. The number of amides is 2. The van der Waals surface area contributed by atoms with Crippen molar-refractivity contribution in [3.63, 3.8) is 0 Å². The minimum atomic E-state index is -4.41. The van der Waals surface area contributed by atoms with Gasteiger partial charge in [-0.05, 0) is 32.4 Å². The fraction of sp³-hybridized carbons (Fsp3) is 0.370. The molecule has 0 atom stereocenters. The van der Waals surface area contributed by atoms with Gasteiger partial charge in [-0.1, -0.05) is 48.5 Å². The van der Waals surface area contributed by atoms with Crippen molar-refractivity contribution >= 4 is 11.8 Å². The van der Waals surface area contributed by atoms with Crippen LogP contribution in [0.5, 0.6) is 0 Å². The van der Waals surface area contributed by atoms with Crippen LogP contribution < -0.4 is 10.2 Å². The van der Waals surface area contributed by atoms with Crippen LogP contribution >= 0.6 is 0 Å². The number of hydrogen-bond acceptors (Lipinski definition) is 4. The number of anilines is 1. The van der Waals surface area contributed by atoms with Gasteiger partial charge in [0.1, 0.15) is 5.82 Å². The Bertz CT molecular complexity index is 1210. The number of carbonyl (C=O) groups is 1. The molecule has 2 amide bonds. The molecule has 0 aliphatic carbocycles. The summed E-state index contributed by atoms with van der Waals surface area (Å²) in [6.45, 7) is 7.87. The number of alkyl halides is 3. The zero-order valence-corrected chi connectivity index (χ0v) is 20.6. The van der Waals surface area contributed by atoms with Crippen molar-refractivity contribution in [1.29, 1.82) is 0 Å². The van der Waals surface area contributed by atoms with Gasteiger partial charge in [0, 0.05) is 55.5 Å². The van der Waals surface area contributed by atoms with Gasteiger partial charge in [0.2, 0.25) is 0 Å². The Kier molecular flexibility index (Phi) is 7.47. The molecule has 0 bridgehead atoms. The number of aromatic nitrogens is 2. The molecule has 0 saturated carbocycles. The smallest absolute Gasteiger partial charge is 0.353 e. The van der Waals surface area contributed by atoms with E-state index in [1.54, 1.807) is 11.0 Å². The van der Waals surface area contributed by atoms with Crippen LogP contribution in [-0.4, -0.2) is 53.1 Å². The van der Waals surface area contributed by atoms with Crippen LogP contribution in [-0.2, 0) is 12.6 Å². The second-order valence-corrected chi connectivity index (χ2v) is 9.25. The molecule has 1 fully saturated rings. The molecule has 1 saturated heterocycles. The number of carbonyl (C=O) groups excluding carboxylic acids is 1. The van der Waals surface area contributed by atoms with Gasteiger partial charge >= 0.3 is 12.2 Å². The molecule has 0 unspecified atom stereocenters. The number of nitrogens with one attached hydrogen (secondary N) is 1. The minimum absolute atomic E-state index is 0.0486. The molecule has 0 radical (unpaired) electrons. The molecular formula is C27H30F3N5O. The van der Waals surface area contributed by atoms with Crippen LogP contribution in [0.4, 0.5) is 23.8 Å². The zero-order chi connectivity index (χ0) is 25.9. The number of hydrogen-bond donors (Lipinski definition) is 1. The minimum Gasteiger partial charge on any atom is -0.353 e. The van der Waals surface area contributed by atoms with E-state index in [9.17, 15) is 18.0 Å². The third-order valence-corrected chi connectivity index (χ3v) is 6.14. The number of urea groups is 1. The van der Waals surface area contributed by atoms with E-state index in [1.165, 1.54) is 12.1 Å². The van der Waals surface area contributed by atoms with Crippen LogP contribution in [0.25, 0.3) is 11.4 Å². The van der Waals surface area contributed by atoms with Crippen molar-refractivity contribution < 1.29 is 18.0 Å². The van der Waals surface area contributed by atoms with Gasteiger partial charge < -0.3 is 15.1 Å². The van der Waals surface area contributed by atoms with E-state index in [0.717, 1.165) is 22.9 Å². The second kappa shape index (κ2) is 10.6. The molecule has 6 nitrogen and oxygen atoms in total. The highest BCUT2D eigenvalue weighted by atomic mass is 19.4. The van der Waals surface area contributed by atoms with Gasteiger partial charge in [-0.2, -0.15) is 13.2 Å². The van der Waals surface area contributed by atoms with Crippen LogP contribution in [0, 0.1) is 6.92 Å². The molecule has 36 heavy (non-hydrogen) atoms. The summed E-state index contributed by atoms with van der Waals surface area (Å²) in [5.74, 6) is 1.26. The lowest BCUT2D eigenvalue weighted by Gasteiger charge is -2.37. The summed E-state index contributed by atoms with van der Waals surface area (Å²) in [5.41, 5.74) is 2.23. The lowest BCUT2D eigenvalue weighted by Crippen LogP contribution is -2.53. The topological polar surface area (TPSA) is 61.4 Å². The zero-order valence-electron chi connectivity index (χ0n) is 20.6. The van der Waals surface area contributed by atoms with E-state index in [-0.39, 0.29) is 18.5 Å². The highest BCUT2D eigenvalue weighted by Crippen LogP contribution is 2.32. The predicted octanol–water partition coefficient (Wildman–Crippen LogP) is 5.30. The Balaban J connectivity index is 1.67. The van der Waals surface area contributed by atoms with Gasteiger partial charge in [0.15, 0.2) is 5.82 Å². The van der Waals surface area contributed by atoms with Crippen LogP contribution in [0.1, 0.15) is 36.2 Å². The molecule has 1 N–H and O–H groups in total. The first-order valence-corrected chi connectivity index (χ1v) is 12.0. The summed E-state index contributed by atoms with van der Waals surface area (Å²) in [7, 11) is 0. The third-order valence-electron chi connectivity index (χ3n) is 6.14. The standard InChI is InChI=1S/C27H30F3N5O/c1-18(2)31-26(36)35-14-12-34(13-15-35)25-23(17-20-8-7-11-22(16-20)27(28,29)30)19(3)32-24(33-25)21-9-5-4-6-10-21/h4-11,16,18H,12-15,17H2,1-3H3,(H,31,36). The fourth-order valence-corrected chi connectivity index (χ4v) is 4.29. The van der Waals surface area contributed by atoms with Gasteiger partial charge in [-0.25, -0.2) is 14.8 Å². The molecule has 2 heterocycles. The molecule has 1 aromatic heterocycles. The van der Waals surface area contributed by atoms with Crippen molar-refractivity contribution in [2.24, 2.45) is 0 Å². The maximum Gasteiger partial charge on any atom is 0.416 e. The van der Waals surface area contributed by atoms with Crippen molar-refractivity contribution in [3.8, 4) is 11.4 Å². The number of rotatable bonds is 5. The molecule has 1 aliphatic heterocycles. The lowest BCUT2D eigenvalue weighted by molar-refractivity contribution is -0.137. The predicted molar refractivity (Wildman–Crippen MR) is 134 cm³/mol. The summed E-state index contributed by atoms with van der Waals surface area (Å²) in [4.78, 5) is 25.9. The van der Waals surface area contributed by atoms with E-state index in [0.29, 0.717) is 43.4 Å². The Labute approximate surface area is 209 Å². The van der Waals surface area contributed by atoms with E-state index >= 15 is 0 Å². The number of piperazine rings is 1. The summed E-state index contributed by atoms with van der Waals surface area (Å²) < 4.78 is 39.9. The largest absolute Gasteiger partial charge is 0.416 e. The van der Waals surface area contributed by atoms with Crippen LogP contribution in [0.15, 0.2) is 54.6 Å². The Morgan fingerprint density at radius 3 is 2.33 bits per heavy atom. The Morgan fingerprint density at radius 2 is 1.69 bits per heavy atom. The van der Waals surface area contributed by atoms with E-state index in [2.05, 4.69) is 10.2 Å². The summed E-state index contributed by atoms with van der Waals surface area (Å²) in [6, 6.07) is 14.9. The molecular weight excluding hydrogens is 467 g/mol. The molecule has 2 aromatic carbocycles. The quantitative estimate of drug-likeness (QED) is 0.520. The first-order valence-electron chi connectivity index (χ1n) is 12.0. The van der Waals surface area contributed by atoms with E-state index in [1.807, 2.05) is 51.1 Å². The average Bonchev–Trinajstić information content (AvgIpc) is 2.85. The lowest BCUT2D eigenvalue weighted by atomic mass is 10.0. The van der Waals surface area contributed by atoms with E-state index in [4.69, 9.17) is 9.97 Å². The van der Waals surface area contributed by atoms with Gasteiger partial charge in [0.25, 0.3) is 0 Å². The molecule has 1 aliphatic rings. The fourth-order valence-electron chi connectivity index (χ4n) is 4.29. The monoisotopic (exact) mass is 497 g/mol. The first-order chi connectivity index (χ1) is 17.1. The van der Waals surface area contributed by atoms with Gasteiger partial charge in [-0.3, -0.25) is 0 Å². The number of aryl methyl sites for hydroxylation is 1. The van der Waals surface area contributed by atoms with Gasteiger partial charge in [-0.15, -0.1) is 0 Å². The van der Waals surface area contributed by atoms with Crippen LogP contribution in [0.3, 0.4) is 0 Å². The number of halogens is 3. The number of nitrogens with zero attached hydrogens (tertiary/aromatic N) is 4. The van der Waals surface area contributed by atoms with Crippen molar-refractivity contribution in [2.75, 3.05) is 31.1 Å². The summed E-state index contributed by atoms with van der Waals surface area (Å²) in [5, 5.41) is 2.92. The third kappa shape index (κ3) is 5.95. The SMILES string of the molecule is Cc1nc(-c2ccccc2)nc(N2CCN(C(=O)NC(C)C)CC2)c1Cc1cccc(C(F)(F)F)c1. The van der Waals surface area contributed by atoms with Crippen molar-refractivity contribution in [2.45, 2.75) is 39.4 Å². The maximum absolute atomic E-state index is 13.3. The van der Waals surface area contributed by atoms with E-state index < -0.39 is 11.7 Å². The highest BCUT2D eigenvalue weighted by molar-refractivity contribution is 5.75. The summed E-state index contributed by atoms with van der Waals surface area (Å²) in [6.07, 6.45) is -4.14. The van der Waals surface area contributed by atoms with Crippen molar-refractivity contribution in [1.82, 2.24) is 20.2 Å². The molecule has 3 aromatic rings. The number of benzene rings is 2. The normalized spacial score (nSPS) is 14.3. The first kappa shape index (κ1) is 25.5. The van der Waals surface area contributed by atoms with Crippen molar-refractivity contribution in [3.05, 3.63) is 77.0 Å². The summed E-state index contributed by atoms with van der Waals surface area (Å²) >= 11 is 0. The molecule has 9 heteroatoms. The van der Waals surface area contributed by atoms with Crippen LogP contribution in [0.2, 0.25) is 0 Å². The molecule has 0 spiro atoms. The second-order valence-electron chi connectivity index (χ2n) is 9.25. The Hall–Kier alpha value is -3.62.